The largest absolute Gasteiger partial charge is 0.459 e. The fourth-order valence-electron chi connectivity index (χ4n) is 3.98. The molecule has 0 radical (unpaired) electrons. The highest BCUT2D eigenvalue weighted by Gasteiger charge is 2.40. The van der Waals surface area contributed by atoms with Gasteiger partial charge in [-0.05, 0) is 36.2 Å². The summed E-state index contributed by atoms with van der Waals surface area (Å²) in [6, 6.07) is 9.93. The van der Waals surface area contributed by atoms with Crippen molar-refractivity contribution in [2.24, 2.45) is 0 Å². The van der Waals surface area contributed by atoms with Gasteiger partial charge in [-0.15, -0.1) is 11.8 Å². The van der Waals surface area contributed by atoms with Gasteiger partial charge in [-0.3, -0.25) is 14.5 Å². The van der Waals surface area contributed by atoms with Gasteiger partial charge < -0.3 is 14.2 Å². The number of benzene rings is 1. The second-order valence-corrected chi connectivity index (χ2v) is 8.87. The van der Waals surface area contributed by atoms with Crippen LogP contribution in [0, 0.1) is 5.82 Å². The van der Waals surface area contributed by atoms with Crippen molar-refractivity contribution in [3.8, 4) is 0 Å². The Morgan fingerprint density at radius 3 is 2.63 bits per heavy atom. The maximum Gasteiger partial charge on any atom is 0.289 e. The molecule has 8 heteroatoms. The molecule has 2 amide bonds. The van der Waals surface area contributed by atoms with Crippen LogP contribution in [0.4, 0.5) is 4.39 Å². The number of rotatable bonds is 6. The third-order valence-corrected chi connectivity index (χ3v) is 7.34. The van der Waals surface area contributed by atoms with Crippen LogP contribution in [-0.2, 0) is 4.79 Å². The van der Waals surface area contributed by atoms with Gasteiger partial charge in [0.15, 0.2) is 5.76 Å². The number of hydrogen-bond acceptors (Lipinski definition) is 5. The quantitative estimate of drug-likeness (QED) is 0.703. The number of hydrogen-bond donors (Lipinski definition) is 0. The van der Waals surface area contributed by atoms with Crippen LogP contribution in [0.2, 0.25) is 0 Å². The molecule has 2 aliphatic rings. The van der Waals surface area contributed by atoms with E-state index in [2.05, 4.69) is 4.90 Å². The van der Waals surface area contributed by atoms with E-state index in [0.29, 0.717) is 25.4 Å². The van der Waals surface area contributed by atoms with Gasteiger partial charge in [0.25, 0.3) is 5.91 Å². The maximum atomic E-state index is 13.7. The molecule has 2 unspecified atom stereocenters. The molecule has 3 heterocycles. The summed E-state index contributed by atoms with van der Waals surface area (Å²) >= 11 is 1.61. The molecule has 2 saturated heterocycles. The topological polar surface area (TPSA) is 57.0 Å². The number of piperazine rings is 1. The molecule has 30 heavy (non-hydrogen) atoms. The first-order valence-electron chi connectivity index (χ1n) is 10.3. The number of carbonyl (C=O) groups excluding carboxylic acids is 2. The Kier molecular flexibility index (Phi) is 6.43. The monoisotopic (exact) mass is 431 g/mol. The zero-order valence-corrected chi connectivity index (χ0v) is 17.8. The van der Waals surface area contributed by atoms with Crippen molar-refractivity contribution in [2.75, 3.05) is 39.3 Å². The van der Waals surface area contributed by atoms with E-state index in [4.69, 9.17) is 4.42 Å². The molecule has 1 aromatic carbocycles. The van der Waals surface area contributed by atoms with Gasteiger partial charge in [0, 0.05) is 39.3 Å². The number of carbonyl (C=O) groups is 2. The lowest BCUT2D eigenvalue weighted by Crippen LogP contribution is -2.50. The number of nitrogens with zero attached hydrogens (tertiary/aromatic N) is 3. The van der Waals surface area contributed by atoms with Crippen LogP contribution in [0.3, 0.4) is 0 Å². The van der Waals surface area contributed by atoms with Crippen LogP contribution < -0.4 is 0 Å². The summed E-state index contributed by atoms with van der Waals surface area (Å²) in [6.45, 7) is 6.11. The summed E-state index contributed by atoms with van der Waals surface area (Å²) in [6.07, 6.45) is 2.27. The van der Waals surface area contributed by atoms with E-state index in [1.807, 2.05) is 17.9 Å². The van der Waals surface area contributed by atoms with Crippen molar-refractivity contribution in [1.82, 2.24) is 14.7 Å². The molecular formula is C22H26FN3O3S. The first-order chi connectivity index (χ1) is 14.6. The second kappa shape index (κ2) is 9.22. The first-order valence-corrected chi connectivity index (χ1v) is 11.3. The molecular weight excluding hydrogens is 405 g/mol. The molecule has 160 valence electrons. The molecule has 0 N–H and O–H groups in total. The third-order valence-electron chi connectivity index (χ3n) is 5.69. The number of halogens is 1. The molecule has 1 aromatic heterocycles. The minimum Gasteiger partial charge on any atom is -0.459 e. The Morgan fingerprint density at radius 2 is 1.97 bits per heavy atom. The van der Waals surface area contributed by atoms with E-state index in [1.165, 1.54) is 18.4 Å². The minimum absolute atomic E-state index is 0.0808. The molecule has 0 aliphatic carbocycles. The van der Waals surface area contributed by atoms with Gasteiger partial charge in [-0.25, -0.2) is 4.39 Å². The zero-order valence-electron chi connectivity index (χ0n) is 17.0. The van der Waals surface area contributed by atoms with Crippen LogP contribution in [0.5, 0.6) is 0 Å². The average molecular weight is 432 g/mol. The van der Waals surface area contributed by atoms with Crippen molar-refractivity contribution in [3.63, 3.8) is 0 Å². The molecule has 6 nitrogen and oxygen atoms in total. The fourth-order valence-corrected chi connectivity index (χ4v) is 5.40. The van der Waals surface area contributed by atoms with Gasteiger partial charge in [0.05, 0.1) is 11.5 Å². The van der Waals surface area contributed by atoms with Crippen LogP contribution in [0.1, 0.15) is 34.8 Å². The summed E-state index contributed by atoms with van der Waals surface area (Å²) < 4.78 is 19.0. The maximum absolute atomic E-state index is 13.7. The number of furan rings is 1. The van der Waals surface area contributed by atoms with E-state index in [1.54, 1.807) is 34.9 Å². The van der Waals surface area contributed by atoms with E-state index in [9.17, 15) is 14.0 Å². The van der Waals surface area contributed by atoms with Crippen molar-refractivity contribution < 1.29 is 18.4 Å². The smallest absolute Gasteiger partial charge is 0.289 e. The van der Waals surface area contributed by atoms with E-state index >= 15 is 0 Å². The molecule has 0 spiro atoms. The Balaban J connectivity index is 1.35. The van der Waals surface area contributed by atoms with Gasteiger partial charge in [0.1, 0.15) is 11.2 Å². The van der Waals surface area contributed by atoms with Gasteiger partial charge >= 0.3 is 0 Å². The van der Waals surface area contributed by atoms with Crippen molar-refractivity contribution in [3.05, 3.63) is 59.8 Å². The Hall–Kier alpha value is -2.32. The van der Waals surface area contributed by atoms with Gasteiger partial charge in [0.2, 0.25) is 5.91 Å². The average Bonchev–Trinajstić information content (AvgIpc) is 3.40. The highest BCUT2D eigenvalue weighted by molar-refractivity contribution is 8.01. The zero-order chi connectivity index (χ0) is 21.1. The van der Waals surface area contributed by atoms with Gasteiger partial charge in [-0.1, -0.05) is 19.1 Å². The van der Waals surface area contributed by atoms with Crippen LogP contribution in [-0.4, -0.2) is 71.0 Å². The first kappa shape index (κ1) is 20.9. The molecule has 2 aromatic rings. The van der Waals surface area contributed by atoms with E-state index in [0.717, 1.165) is 31.6 Å². The third kappa shape index (κ3) is 4.39. The predicted molar refractivity (Wildman–Crippen MR) is 114 cm³/mol. The lowest BCUT2D eigenvalue weighted by Gasteiger charge is -2.35. The molecule has 0 saturated carbocycles. The second-order valence-electron chi connectivity index (χ2n) is 7.58. The lowest BCUT2D eigenvalue weighted by molar-refractivity contribution is -0.130. The number of thioether (sulfide) groups is 1. The van der Waals surface area contributed by atoms with E-state index in [-0.39, 0.29) is 28.3 Å². The molecule has 0 bridgehead atoms. The SMILES string of the molecule is CCC1SC(c2cccc(F)c2)N(CCN2CCN(C(=O)c3ccco3)CC2)C1=O. The van der Waals surface area contributed by atoms with Crippen LogP contribution >= 0.6 is 11.8 Å². The molecule has 2 fully saturated rings. The Morgan fingerprint density at radius 1 is 1.17 bits per heavy atom. The van der Waals surface area contributed by atoms with Gasteiger partial charge in [-0.2, -0.15) is 0 Å². The highest BCUT2D eigenvalue weighted by Crippen LogP contribution is 2.44. The molecule has 4 rings (SSSR count). The minimum atomic E-state index is -0.280. The summed E-state index contributed by atoms with van der Waals surface area (Å²) in [7, 11) is 0. The fraction of sp³-hybridized carbons (Fsp3) is 0.455. The summed E-state index contributed by atoms with van der Waals surface area (Å²) in [5.41, 5.74) is 0.832. The summed E-state index contributed by atoms with van der Waals surface area (Å²) in [5.74, 6) is 0.135. The highest BCUT2D eigenvalue weighted by atomic mass is 32.2. The van der Waals surface area contributed by atoms with Crippen LogP contribution in [0.15, 0.2) is 47.1 Å². The van der Waals surface area contributed by atoms with Crippen molar-refractivity contribution in [2.45, 2.75) is 24.0 Å². The summed E-state index contributed by atoms with van der Waals surface area (Å²) in [5, 5.41) is -0.235. The van der Waals surface area contributed by atoms with Crippen molar-refractivity contribution >= 4 is 23.6 Å². The Bertz CT molecular complexity index is 884. The molecule has 2 atom stereocenters. The standard InChI is InChI=1S/C22H26FN3O3S/c1-2-19-21(28)26(22(30-19)16-5-3-6-17(23)15-16)13-10-24-8-11-25(12-9-24)20(27)18-7-4-14-29-18/h3-7,14-15,19,22H,2,8-13H2,1H3. The molecule has 2 aliphatic heterocycles. The van der Waals surface area contributed by atoms with Crippen LogP contribution in [0.25, 0.3) is 0 Å². The van der Waals surface area contributed by atoms with Crippen molar-refractivity contribution in [1.29, 1.82) is 0 Å². The van der Waals surface area contributed by atoms with E-state index < -0.39 is 0 Å². The lowest BCUT2D eigenvalue weighted by atomic mass is 10.2. The summed E-state index contributed by atoms with van der Waals surface area (Å²) in [4.78, 5) is 31.2. The number of amides is 2. The normalized spacial score (nSPS) is 22.7. The predicted octanol–water partition coefficient (Wildman–Crippen LogP) is 3.23. The Labute approximate surface area is 180 Å².